The summed E-state index contributed by atoms with van der Waals surface area (Å²) >= 11 is 3.24. The molecule has 8 heteroatoms. The van der Waals surface area contributed by atoms with Crippen molar-refractivity contribution < 1.29 is 13.9 Å². The van der Waals surface area contributed by atoms with Gasteiger partial charge in [-0.25, -0.2) is 9.07 Å². The molecule has 0 unspecified atom stereocenters. The van der Waals surface area contributed by atoms with Gasteiger partial charge in [0.05, 0.1) is 12.8 Å². The van der Waals surface area contributed by atoms with Crippen molar-refractivity contribution in [2.75, 3.05) is 20.3 Å². The fourth-order valence-electron chi connectivity index (χ4n) is 2.42. The van der Waals surface area contributed by atoms with E-state index in [0.717, 1.165) is 0 Å². The number of methoxy groups -OCH3 is 1. The summed E-state index contributed by atoms with van der Waals surface area (Å²) < 4.78 is 23.1. The molecule has 2 heterocycles. The van der Waals surface area contributed by atoms with Crippen LogP contribution in [0.15, 0.2) is 53.4 Å². The molecule has 25 heavy (non-hydrogen) atoms. The molecule has 3 aromatic rings. The molecule has 0 atom stereocenters. The van der Waals surface area contributed by atoms with Crippen LogP contribution in [0.4, 0.5) is 4.39 Å². The van der Waals surface area contributed by atoms with Crippen molar-refractivity contribution in [2.24, 2.45) is 0 Å². The van der Waals surface area contributed by atoms with Gasteiger partial charge >= 0.3 is 0 Å². The van der Waals surface area contributed by atoms with Crippen LogP contribution in [-0.2, 0) is 4.74 Å². The van der Waals surface area contributed by atoms with Crippen LogP contribution in [0.2, 0.25) is 0 Å². The van der Waals surface area contributed by atoms with Gasteiger partial charge in [0.15, 0.2) is 5.82 Å². The summed E-state index contributed by atoms with van der Waals surface area (Å²) in [6, 6.07) is 8.32. The first-order chi connectivity index (χ1) is 12.1. The topological polar surface area (TPSA) is 61.1 Å². The van der Waals surface area contributed by atoms with Gasteiger partial charge < -0.3 is 14.6 Å². The second kappa shape index (κ2) is 7.62. The number of halogens is 2. The largest absolute Gasteiger partial charge is 0.383 e. The number of nitrogens with one attached hydrogen (secondary N) is 1. The van der Waals surface area contributed by atoms with E-state index in [1.54, 1.807) is 36.2 Å². The Balaban J connectivity index is 2.06. The molecule has 0 saturated carbocycles. The normalized spacial score (nSPS) is 10.8. The zero-order valence-electron chi connectivity index (χ0n) is 13.4. The summed E-state index contributed by atoms with van der Waals surface area (Å²) in [6.45, 7) is 0.776. The molecular weight excluding hydrogens is 391 g/mol. The van der Waals surface area contributed by atoms with Crippen molar-refractivity contribution in [2.45, 2.75) is 0 Å². The number of carbonyl (C=O) groups is 1. The Morgan fingerprint density at radius 2 is 2.12 bits per heavy atom. The Hall–Kier alpha value is -2.45. The van der Waals surface area contributed by atoms with E-state index in [4.69, 9.17) is 4.74 Å². The SMILES string of the molecule is COCCNC(=O)c1cnn(-c2ccc(Br)cc2F)c1-n1cccc1. The van der Waals surface area contributed by atoms with Crippen molar-refractivity contribution in [3.05, 3.63) is 64.8 Å². The third-order valence-electron chi connectivity index (χ3n) is 3.57. The molecule has 3 rings (SSSR count). The molecule has 0 aliphatic heterocycles. The van der Waals surface area contributed by atoms with E-state index >= 15 is 0 Å². The van der Waals surface area contributed by atoms with Crippen LogP contribution in [0.25, 0.3) is 11.5 Å². The zero-order valence-corrected chi connectivity index (χ0v) is 15.0. The van der Waals surface area contributed by atoms with E-state index in [1.807, 2.05) is 12.1 Å². The van der Waals surface area contributed by atoms with Crippen molar-refractivity contribution in [3.63, 3.8) is 0 Å². The maximum absolute atomic E-state index is 14.4. The van der Waals surface area contributed by atoms with Crippen LogP contribution < -0.4 is 5.32 Å². The van der Waals surface area contributed by atoms with Crippen molar-refractivity contribution in [1.82, 2.24) is 19.7 Å². The number of amides is 1. The molecule has 0 spiro atoms. The standard InChI is InChI=1S/C17H16BrFN4O2/c1-25-9-6-20-16(24)13-11-21-23(17(13)22-7-2-3-8-22)15-5-4-12(18)10-14(15)19/h2-5,7-8,10-11H,6,9H2,1H3,(H,20,24). The van der Waals surface area contributed by atoms with Crippen LogP contribution in [0, 0.1) is 5.82 Å². The maximum Gasteiger partial charge on any atom is 0.256 e. The summed E-state index contributed by atoms with van der Waals surface area (Å²) in [4.78, 5) is 12.5. The Morgan fingerprint density at radius 1 is 1.36 bits per heavy atom. The lowest BCUT2D eigenvalue weighted by atomic mass is 10.2. The monoisotopic (exact) mass is 406 g/mol. The first-order valence-corrected chi connectivity index (χ1v) is 8.35. The maximum atomic E-state index is 14.4. The molecule has 0 saturated heterocycles. The van der Waals surface area contributed by atoms with Gasteiger partial charge in [-0.2, -0.15) is 5.10 Å². The van der Waals surface area contributed by atoms with Crippen molar-refractivity contribution in [1.29, 1.82) is 0 Å². The van der Waals surface area contributed by atoms with Crippen LogP contribution in [0.3, 0.4) is 0 Å². The first-order valence-electron chi connectivity index (χ1n) is 7.55. The van der Waals surface area contributed by atoms with E-state index in [9.17, 15) is 9.18 Å². The molecule has 1 amide bonds. The molecule has 0 bridgehead atoms. The molecule has 130 valence electrons. The average Bonchev–Trinajstić information content (AvgIpc) is 3.24. The number of nitrogens with zero attached hydrogens (tertiary/aromatic N) is 3. The van der Waals surface area contributed by atoms with Crippen LogP contribution in [0.5, 0.6) is 0 Å². The summed E-state index contributed by atoms with van der Waals surface area (Å²) in [5, 5.41) is 6.99. The minimum absolute atomic E-state index is 0.253. The second-order valence-electron chi connectivity index (χ2n) is 5.23. The summed E-state index contributed by atoms with van der Waals surface area (Å²) in [5.74, 6) is -0.289. The first kappa shape index (κ1) is 17.4. The highest BCUT2D eigenvalue weighted by Gasteiger charge is 2.21. The van der Waals surface area contributed by atoms with Gasteiger partial charge in [-0.3, -0.25) is 4.79 Å². The van der Waals surface area contributed by atoms with E-state index in [-0.39, 0.29) is 11.6 Å². The van der Waals surface area contributed by atoms with Crippen LogP contribution in [-0.4, -0.2) is 40.5 Å². The van der Waals surface area contributed by atoms with Gasteiger partial charge in [0, 0.05) is 30.5 Å². The van der Waals surface area contributed by atoms with Gasteiger partial charge in [0.1, 0.15) is 17.1 Å². The van der Waals surface area contributed by atoms with Gasteiger partial charge in [-0.05, 0) is 30.3 Å². The predicted molar refractivity (Wildman–Crippen MR) is 94.8 cm³/mol. The smallest absolute Gasteiger partial charge is 0.256 e. The average molecular weight is 407 g/mol. The predicted octanol–water partition coefficient (Wildman–Crippen LogP) is 2.94. The lowest BCUT2D eigenvalue weighted by molar-refractivity contribution is 0.0937. The van der Waals surface area contributed by atoms with E-state index in [2.05, 4.69) is 26.3 Å². The number of rotatable bonds is 6. The molecule has 0 aliphatic carbocycles. The lowest BCUT2D eigenvalue weighted by Gasteiger charge is -2.12. The fraction of sp³-hybridized carbons (Fsp3) is 0.176. The van der Waals surface area contributed by atoms with E-state index in [1.165, 1.54) is 16.9 Å². The number of hydrogen-bond acceptors (Lipinski definition) is 3. The number of aromatic nitrogens is 3. The summed E-state index contributed by atoms with van der Waals surface area (Å²) in [5.41, 5.74) is 0.595. The fourth-order valence-corrected chi connectivity index (χ4v) is 2.75. The highest BCUT2D eigenvalue weighted by atomic mass is 79.9. The third kappa shape index (κ3) is 3.64. The molecule has 2 aromatic heterocycles. The molecule has 6 nitrogen and oxygen atoms in total. The van der Waals surface area contributed by atoms with Gasteiger partial charge in [-0.1, -0.05) is 15.9 Å². The van der Waals surface area contributed by atoms with Gasteiger partial charge in [0.2, 0.25) is 0 Å². The Labute approximate surface area is 152 Å². The molecule has 1 N–H and O–H groups in total. The molecule has 1 aromatic carbocycles. The van der Waals surface area contributed by atoms with Crippen molar-refractivity contribution >= 4 is 21.8 Å². The van der Waals surface area contributed by atoms with E-state index < -0.39 is 5.82 Å². The van der Waals surface area contributed by atoms with Crippen LogP contribution in [0.1, 0.15) is 10.4 Å². The van der Waals surface area contributed by atoms with Crippen molar-refractivity contribution in [3.8, 4) is 11.5 Å². The number of carbonyl (C=O) groups excluding carboxylic acids is 1. The molecule has 0 aliphatic rings. The van der Waals surface area contributed by atoms with Gasteiger partial charge in [0.25, 0.3) is 5.91 Å². The quantitative estimate of drug-likeness (QED) is 0.640. The van der Waals surface area contributed by atoms with Gasteiger partial charge in [-0.15, -0.1) is 0 Å². The third-order valence-corrected chi connectivity index (χ3v) is 4.06. The molecule has 0 radical (unpaired) electrons. The highest BCUT2D eigenvalue weighted by molar-refractivity contribution is 9.10. The second-order valence-corrected chi connectivity index (χ2v) is 6.14. The minimum Gasteiger partial charge on any atom is -0.383 e. The molecule has 0 fully saturated rings. The van der Waals surface area contributed by atoms with Crippen LogP contribution >= 0.6 is 15.9 Å². The summed E-state index contributed by atoms with van der Waals surface area (Å²) in [6.07, 6.45) is 4.98. The Morgan fingerprint density at radius 3 is 2.80 bits per heavy atom. The van der Waals surface area contributed by atoms with E-state index in [0.29, 0.717) is 29.0 Å². The minimum atomic E-state index is -0.447. The Kier molecular flexibility index (Phi) is 5.30. The zero-order chi connectivity index (χ0) is 17.8. The number of ether oxygens (including phenoxy) is 1. The summed E-state index contributed by atoms with van der Waals surface area (Å²) in [7, 11) is 1.56. The lowest BCUT2D eigenvalue weighted by Crippen LogP contribution is -2.27. The number of benzene rings is 1. The number of hydrogen-bond donors (Lipinski definition) is 1. The Bertz CT molecular complexity index is 877. The molecular formula is C17H16BrFN4O2. The highest BCUT2D eigenvalue weighted by Crippen LogP contribution is 2.24.